The third-order valence-electron chi connectivity index (χ3n) is 3.24. The van der Waals surface area contributed by atoms with Crippen molar-refractivity contribution in [3.8, 4) is 17.1 Å². The highest BCUT2D eigenvalue weighted by molar-refractivity contribution is 5.98. The van der Waals surface area contributed by atoms with Crippen molar-refractivity contribution in [3.05, 3.63) is 42.6 Å². The van der Waals surface area contributed by atoms with Gasteiger partial charge in [-0.15, -0.1) is 0 Å². The molecule has 1 aromatic carbocycles. The average molecular weight is 250 g/mol. The Labute approximate surface area is 107 Å². The lowest BCUT2D eigenvalue weighted by atomic mass is 10.1. The molecule has 0 bridgehead atoms. The molecule has 0 spiro atoms. The van der Waals surface area contributed by atoms with Crippen LogP contribution in [0, 0.1) is 0 Å². The lowest BCUT2D eigenvalue weighted by Gasteiger charge is -2.00. The van der Waals surface area contributed by atoms with E-state index in [1.807, 2.05) is 36.4 Å². The predicted molar refractivity (Wildman–Crippen MR) is 72.8 cm³/mol. The molecule has 0 fully saturated rings. The molecule has 5 nitrogen and oxygen atoms in total. The first kappa shape index (κ1) is 10.1. The molecule has 0 unspecified atom stereocenters. The van der Waals surface area contributed by atoms with Crippen LogP contribution in [0.4, 0.5) is 0 Å². The van der Waals surface area contributed by atoms with Gasteiger partial charge in [-0.3, -0.25) is 5.10 Å². The van der Waals surface area contributed by atoms with Crippen molar-refractivity contribution in [2.24, 2.45) is 0 Å². The number of fused-ring (bicyclic) bond motifs is 2. The molecule has 19 heavy (non-hydrogen) atoms. The van der Waals surface area contributed by atoms with E-state index in [1.54, 1.807) is 6.20 Å². The molecule has 3 aromatic heterocycles. The van der Waals surface area contributed by atoms with Crippen molar-refractivity contribution in [2.45, 2.75) is 0 Å². The maximum Gasteiger partial charge on any atom is 0.199 e. The number of hydrogen-bond acceptors (Lipinski definition) is 3. The summed E-state index contributed by atoms with van der Waals surface area (Å²) in [4.78, 5) is 7.45. The van der Waals surface area contributed by atoms with Gasteiger partial charge in [-0.2, -0.15) is 5.10 Å². The lowest BCUT2D eigenvalue weighted by Crippen LogP contribution is -1.84. The van der Waals surface area contributed by atoms with Gasteiger partial charge in [0.25, 0.3) is 0 Å². The van der Waals surface area contributed by atoms with E-state index in [0.717, 1.165) is 16.3 Å². The highest BCUT2D eigenvalue weighted by Crippen LogP contribution is 2.35. The Bertz CT molecular complexity index is 891. The zero-order valence-electron chi connectivity index (χ0n) is 9.88. The fourth-order valence-corrected chi connectivity index (χ4v) is 2.35. The molecule has 0 radical (unpaired) electrons. The SMILES string of the molecule is Oc1[nH]c2ccccc2c1-c1ccc2cn[nH]c2n1. The van der Waals surface area contributed by atoms with Crippen LogP contribution in [0.3, 0.4) is 0 Å². The minimum atomic E-state index is 0.132. The summed E-state index contributed by atoms with van der Waals surface area (Å²) in [5.74, 6) is 0.132. The second kappa shape index (κ2) is 3.58. The van der Waals surface area contributed by atoms with E-state index in [4.69, 9.17) is 0 Å². The lowest BCUT2D eigenvalue weighted by molar-refractivity contribution is 0.460. The molecule has 0 amide bonds. The van der Waals surface area contributed by atoms with E-state index in [9.17, 15) is 5.11 Å². The number of aromatic nitrogens is 4. The summed E-state index contributed by atoms with van der Waals surface area (Å²) in [7, 11) is 0. The van der Waals surface area contributed by atoms with Crippen molar-refractivity contribution < 1.29 is 5.11 Å². The molecular weight excluding hydrogens is 240 g/mol. The number of hydrogen-bond donors (Lipinski definition) is 3. The van der Waals surface area contributed by atoms with Crippen molar-refractivity contribution in [3.63, 3.8) is 0 Å². The number of nitrogens with one attached hydrogen (secondary N) is 2. The first-order chi connectivity index (χ1) is 9.33. The molecular formula is C14H10N4O. The van der Waals surface area contributed by atoms with E-state index >= 15 is 0 Å². The summed E-state index contributed by atoms with van der Waals surface area (Å²) in [5, 5.41) is 18.8. The van der Waals surface area contributed by atoms with Crippen LogP contribution >= 0.6 is 0 Å². The van der Waals surface area contributed by atoms with E-state index in [1.165, 1.54) is 0 Å². The molecule has 3 heterocycles. The van der Waals surface area contributed by atoms with Crippen molar-refractivity contribution in [2.75, 3.05) is 0 Å². The van der Waals surface area contributed by atoms with E-state index in [2.05, 4.69) is 20.2 Å². The molecule has 3 N–H and O–H groups in total. The van der Waals surface area contributed by atoms with E-state index < -0.39 is 0 Å². The quantitative estimate of drug-likeness (QED) is 0.486. The number of benzene rings is 1. The Kier molecular flexibility index (Phi) is 1.91. The van der Waals surface area contributed by atoms with E-state index in [0.29, 0.717) is 16.9 Å². The molecule has 4 rings (SSSR count). The van der Waals surface area contributed by atoms with Gasteiger partial charge in [0.15, 0.2) is 11.5 Å². The van der Waals surface area contributed by atoms with Crippen LogP contribution in [-0.4, -0.2) is 25.3 Å². The molecule has 0 aliphatic rings. The number of aromatic amines is 2. The van der Waals surface area contributed by atoms with Crippen molar-refractivity contribution >= 4 is 21.9 Å². The topological polar surface area (TPSA) is 77.6 Å². The molecule has 4 aromatic rings. The van der Waals surface area contributed by atoms with Gasteiger partial charge in [-0.25, -0.2) is 4.98 Å². The van der Waals surface area contributed by atoms with Crippen molar-refractivity contribution in [1.82, 2.24) is 20.2 Å². The van der Waals surface area contributed by atoms with Crippen LogP contribution in [0.1, 0.15) is 0 Å². The number of para-hydroxylation sites is 1. The van der Waals surface area contributed by atoms with Crippen LogP contribution in [-0.2, 0) is 0 Å². The van der Waals surface area contributed by atoms with Gasteiger partial charge in [-0.1, -0.05) is 18.2 Å². The first-order valence-corrected chi connectivity index (χ1v) is 5.93. The van der Waals surface area contributed by atoms with Gasteiger partial charge in [0.2, 0.25) is 0 Å². The zero-order valence-corrected chi connectivity index (χ0v) is 9.88. The summed E-state index contributed by atoms with van der Waals surface area (Å²) < 4.78 is 0. The highest BCUT2D eigenvalue weighted by Gasteiger charge is 2.14. The Morgan fingerprint density at radius 3 is 2.89 bits per heavy atom. The third kappa shape index (κ3) is 1.41. The second-order valence-corrected chi connectivity index (χ2v) is 4.40. The summed E-state index contributed by atoms with van der Waals surface area (Å²) >= 11 is 0. The van der Waals surface area contributed by atoms with Gasteiger partial charge in [0, 0.05) is 16.3 Å². The van der Waals surface area contributed by atoms with Crippen molar-refractivity contribution in [1.29, 1.82) is 0 Å². The van der Waals surface area contributed by atoms with Crippen LogP contribution in [0.25, 0.3) is 33.2 Å². The number of H-pyrrole nitrogens is 2. The fourth-order valence-electron chi connectivity index (χ4n) is 2.35. The number of rotatable bonds is 1. The monoisotopic (exact) mass is 250 g/mol. The van der Waals surface area contributed by atoms with Gasteiger partial charge < -0.3 is 10.1 Å². The maximum atomic E-state index is 10.1. The summed E-state index contributed by atoms with van der Waals surface area (Å²) in [6, 6.07) is 11.6. The van der Waals surface area contributed by atoms with Crippen LogP contribution in [0.2, 0.25) is 0 Å². The van der Waals surface area contributed by atoms with Crippen LogP contribution in [0.15, 0.2) is 42.6 Å². The number of pyridine rings is 1. The molecule has 0 aliphatic heterocycles. The van der Waals surface area contributed by atoms with Gasteiger partial charge in [0.05, 0.1) is 17.5 Å². The fraction of sp³-hybridized carbons (Fsp3) is 0. The minimum absolute atomic E-state index is 0.132. The highest BCUT2D eigenvalue weighted by atomic mass is 16.3. The number of nitrogens with zero attached hydrogens (tertiary/aromatic N) is 2. The first-order valence-electron chi connectivity index (χ1n) is 5.93. The average Bonchev–Trinajstić information content (AvgIpc) is 3.00. The normalized spacial score (nSPS) is 11.4. The molecule has 0 aliphatic carbocycles. The smallest absolute Gasteiger partial charge is 0.199 e. The Morgan fingerprint density at radius 1 is 1.05 bits per heavy atom. The standard InChI is InChI=1S/C14H10N4O/c19-14-12(9-3-1-2-4-10(9)17-14)11-6-5-8-7-15-18-13(8)16-11/h1-7,17,19H,(H,15,16,18). The van der Waals surface area contributed by atoms with Crippen LogP contribution in [0.5, 0.6) is 5.88 Å². The largest absolute Gasteiger partial charge is 0.494 e. The molecule has 0 atom stereocenters. The molecule has 92 valence electrons. The minimum Gasteiger partial charge on any atom is -0.494 e. The predicted octanol–water partition coefficient (Wildman–Crippen LogP) is 2.81. The van der Waals surface area contributed by atoms with Crippen LogP contribution < -0.4 is 0 Å². The van der Waals surface area contributed by atoms with Gasteiger partial charge in [0.1, 0.15) is 0 Å². The molecule has 0 saturated carbocycles. The summed E-state index contributed by atoms with van der Waals surface area (Å²) in [6.45, 7) is 0. The third-order valence-corrected chi connectivity index (χ3v) is 3.24. The Hall–Kier alpha value is -2.82. The van der Waals surface area contributed by atoms with Gasteiger partial charge in [-0.05, 0) is 18.2 Å². The van der Waals surface area contributed by atoms with Gasteiger partial charge >= 0.3 is 0 Å². The zero-order chi connectivity index (χ0) is 12.8. The maximum absolute atomic E-state index is 10.1. The summed E-state index contributed by atoms with van der Waals surface area (Å²) in [5.41, 5.74) is 3.03. The number of aromatic hydroxyl groups is 1. The Morgan fingerprint density at radius 2 is 1.95 bits per heavy atom. The van der Waals surface area contributed by atoms with E-state index in [-0.39, 0.29) is 5.88 Å². The summed E-state index contributed by atoms with van der Waals surface area (Å²) in [6.07, 6.45) is 1.72. The second-order valence-electron chi connectivity index (χ2n) is 4.40. The molecule has 0 saturated heterocycles. The Balaban J connectivity index is 2.05. The molecule has 5 heteroatoms.